The van der Waals surface area contributed by atoms with Crippen molar-refractivity contribution >= 4 is 17.3 Å². The fourth-order valence-corrected chi connectivity index (χ4v) is 4.05. The number of nitrogens with zero attached hydrogens (tertiary/aromatic N) is 1. The number of halogens is 2. The molecule has 0 fully saturated rings. The highest BCUT2D eigenvalue weighted by atomic mass is 19.1. The number of hydrogen-bond acceptors (Lipinski definition) is 2. The lowest BCUT2D eigenvalue weighted by molar-refractivity contribution is 0.0974. The zero-order valence-electron chi connectivity index (χ0n) is 17.0. The van der Waals surface area contributed by atoms with Gasteiger partial charge in [0.1, 0.15) is 11.6 Å². The van der Waals surface area contributed by atoms with E-state index in [1.807, 2.05) is 31.2 Å². The van der Waals surface area contributed by atoms with E-state index in [1.54, 1.807) is 23.1 Å². The zero-order chi connectivity index (χ0) is 21.3. The Kier molecular flexibility index (Phi) is 5.53. The number of benzene rings is 3. The lowest BCUT2D eigenvalue weighted by Crippen LogP contribution is -2.44. The summed E-state index contributed by atoms with van der Waals surface area (Å²) in [5.41, 5.74) is 3.94. The van der Waals surface area contributed by atoms with Gasteiger partial charge in [0.2, 0.25) is 0 Å². The van der Waals surface area contributed by atoms with Gasteiger partial charge in [-0.25, -0.2) is 8.78 Å². The number of hydrogen-bond donors (Lipinski definition) is 1. The predicted molar refractivity (Wildman–Crippen MR) is 116 cm³/mol. The molecule has 3 aromatic rings. The second-order valence-electron chi connectivity index (χ2n) is 7.72. The van der Waals surface area contributed by atoms with Crippen molar-refractivity contribution < 1.29 is 13.6 Å². The molecule has 0 radical (unpaired) electrons. The van der Waals surface area contributed by atoms with Crippen LogP contribution in [-0.2, 0) is 6.42 Å². The maximum absolute atomic E-state index is 14.1. The highest BCUT2D eigenvalue weighted by Crippen LogP contribution is 2.40. The molecule has 1 aliphatic heterocycles. The highest BCUT2D eigenvalue weighted by Gasteiger charge is 2.34. The Morgan fingerprint density at radius 2 is 1.67 bits per heavy atom. The fraction of sp³-hybridized carbons (Fsp3) is 0.240. The Bertz CT molecular complexity index is 1050. The number of aryl methyl sites for hydroxylation is 1. The van der Waals surface area contributed by atoms with Crippen LogP contribution in [-0.4, -0.2) is 11.9 Å². The molecule has 30 heavy (non-hydrogen) atoms. The summed E-state index contributed by atoms with van der Waals surface area (Å²) >= 11 is 0. The Hall–Kier alpha value is -3.21. The first-order valence-corrected chi connectivity index (χ1v) is 10.2. The van der Waals surface area contributed by atoms with Crippen molar-refractivity contribution in [3.05, 3.63) is 95.1 Å². The van der Waals surface area contributed by atoms with Crippen LogP contribution in [0.5, 0.6) is 0 Å². The van der Waals surface area contributed by atoms with Gasteiger partial charge in [-0.2, -0.15) is 0 Å². The smallest absolute Gasteiger partial charge is 0.258 e. The van der Waals surface area contributed by atoms with Gasteiger partial charge in [0.15, 0.2) is 0 Å². The van der Waals surface area contributed by atoms with E-state index in [1.165, 1.54) is 29.8 Å². The number of anilines is 2. The maximum atomic E-state index is 14.1. The number of fused-ring (bicyclic) bond motifs is 1. The van der Waals surface area contributed by atoms with E-state index in [2.05, 4.69) is 12.2 Å². The van der Waals surface area contributed by atoms with Crippen molar-refractivity contribution in [3.8, 4) is 0 Å². The minimum Gasteiger partial charge on any atom is -0.378 e. The van der Waals surface area contributed by atoms with Gasteiger partial charge in [0.05, 0.1) is 6.04 Å². The summed E-state index contributed by atoms with van der Waals surface area (Å²) in [5, 5.41) is 3.36. The molecule has 5 heteroatoms. The molecule has 154 valence electrons. The molecule has 1 amide bonds. The van der Waals surface area contributed by atoms with Crippen LogP contribution >= 0.6 is 0 Å². The zero-order valence-corrected chi connectivity index (χ0v) is 17.0. The summed E-state index contributed by atoms with van der Waals surface area (Å²) in [5.74, 6) is -0.762. The maximum Gasteiger partial charge on any atom is 0.258 e. The first kappa shape index (κ1) is 20.1. The van der Waals surface area contributed by atoms with Crippen LogP contribution < -0.4 is 10.2 Å². The molecule has 0 aromatic heterocycles. The summed E-state index contributed by atoms with van der Waals surface area (Å²) in [6.45, 7) is 4.06. The third kappa shape index (κ3) is 3.92. The van der Waals surface area contributed by atoms with Gasteiger partial charge in [0.25, 0.3) is 5.91 Å². The summed E-state index contributed by atoms with van der Waals surface area (Å²) < 4.78 is 27.4. The third-order valence-corrected chi connectivity index (χ3v) is 5.66. The monoisotopic (exact) mass is 406 g/mol. The van der Waals surface area contributed by atoms with E-state index in [4.69, 9.17) is 0 Å². The quantitative estimate of drug-likeness (QED) is 0.566. The van der Waals surface area contributed by atoms with Crippen LogP contribution in [0.1, 0.15) is 47.8 Å². The highest BCUT2D eigenvalue weighted by molar-refractivity contribution is 6.07. The van der Waals surface area contributed by atoms with Crippen molar-refractivity contribution in [1.29, 1.82) is 0 Å². The molecule has 4 rings (SSSR count). The molecule has 0 saturated carbocycles. The number of carbonyl (C=O) groups excluding carboxylic acids is 1. The van der Waals surface area contributed by atoms with Crippen molar-refractivity contribution in [1.82, 2.24) is 0 Å². The van der Waals surface area contributed by atoms with Crippen LogP contribution in [0.2, 0.25) is 0 Å². The predicted octanol–water partition coefficient (Wildman–Crippen LogP) is 6.12. The Morgan fingerprint density at radius 3 is 2.33 bits per heavy atom. The molecule has 0 spiro atoms. The molecular formula is C25H24F2N2O. The van der Waals surface area contributed by atoms with Gasteiger partial charge in [-0.1, -0.05) is 19.1 Å². The van der Waals surface area contributed by atoms with E-state index in [-0.39, 0.29) is 29.6 Å². The van der Waals surface area contributed by atoms with E-state index in [0.717, 1.165) is 17.7 Å². The normalized spacial score (nSPS) is 18.1. The molecule has 0 bridgehead atoms. The minimum absolute atomic E-state index is 0.0979. The average molecular weight is 406 g/mol. The van der Waals surface area contributed by atoms with Crippen molar-refractivity contribution in [2.45, 2.75) is 38.8 Å². The number of carbonyl (C=O) groups is 1. The molecule has 2 atom stereocenters. The van der Waals surface area contributed by atoms with Crippen LogP contribution in [0.3, 0.4) is 0 Å². The fourth-order valence-electron chi connectivity index (χ4n) is 4.05. The average Bonchev–Trinajstić information content (AvgIpc) is 2.75. The second-order valence-corrected chi connectivity index (χ2v) is 7.72. The van der Waals surface area contributed by atoms with Crippen LogP contribution in [0.15, 0.2) is 66.7 Å². The second kappa shape index (κ2) is 8.27. The molecule has 1 aliphatic rings. The standard InChI is InChI=1S/C25H24F2N2O/c1-3-17-4-6-18(7-5-17)25(30)29-16(2)14-23(22-15-20(27)10-13-24(22)29)28-21-11-8-19(26)9-12-21/h4-13,15-16,23,28H,3,14H2,1-2H3/t16-,23+/m1/s1. The van der Waals surface area contributed by atoms with E-state index >= 15 is 0 Å². The van der Waals surface area contributed by atoms with Gasteiger partial charge >= 0.3 is 0 Å². The Balaban J connectivity index is 1.68. The molecule has 3 nitrogen and oxygen atoms in total. The van der Waals surface area contributed by atoms with E-state index in [0.29, 0.717) is 17.7 Å². The molecule has 0 aliphatic carbocycles. The van der Waals surface area contributed by atoms with Gasteiger partial charge in [-0.15, -0.1) is 0 Å². The van der Waals surface area contributed by atoms with Gasteiger partial charge in [0, 0.05) is 28.5 Å². The third-order valence-electron chi connectivity index (χ3n) is 5.66. The van der Waals surface area contributed by atoms with Crippen LogP contribution in [0.4, 0.5) is 20.2 Å². The molecule has 0 saturated heterocycles. The summed E-state index contributed by atoms with van der Waals surface area (Å²) in [6, 6.07) is 17.9. The van der Waals surface area contributed by atoms with Gasteiger partial charge in [-0.3, -0.25) is 4.79 Å². The van der Waals surface area contributed by atoms with Crippen molar-refractivity contribution in [3.63, 3.8) is 0 Å². The first-order valence-electron chi connectivity index (χ1n) is 10.2. The topological polar surface area (TPSA) is 32.3 Å². The number of amides is 1. The van der Waals surface area contributed by atoms with E-state index < -0.39 is 0 Å². The van der Waals surface area contributed by atoms with Crippen molar-refractivity contribution in [2.75, 3.05) is 10.2 Å². The molecule has 1 N–H and O–H groups in total. The first-order chi connectivity index (χ1) is 14.5. The Morgan fingerprint density at radius 1 is 1.00 bits per heavy atom. The molecule has 1 heterocycles. The van der Waals surface area contributed by atoms with Crippen LogP contribution in [0, 0.1) is 11.6 Å². The van der Waals surface area contributed by atoms with Crippen molar-refractivity contribution in [2.24, 2.45) is 0 Å². The summed E-state index contributed by atoms with van der Waals surface area (Å²) in [6.07, 6.45) is 1.51. The van der Waals surface area contributed by atoms with Gasteiger partial charge < -0.3 is 10.2 Å². The lowest BCUT2D eigenvalue weighted by Gasteiger charge is -2.40. The summed E-state index contributed by atoms with van der Waals surface area (Å²) in [4.78, 5) is 15.1. The minimum atomic E-state index is -0.353. The number of nitrogens with one attached hydrogen (secondary N) is 1. The Labute approximate surface area is 175 Å². The van der Waals surface area contributed by atoms with E-state index in [9.17, 15) is 13.6 Å². The largest absolute Gasteiger partial charge is 0.378 e. The van der Waals surface area contributed by atoms with Gasteiger partial charge in [-0.05, 0) is 79.9 Å². The molecule has 0 unspecified atom stereocenters. The molecular weight excluding hydrogens is 382 g/mol. The summed E-state index contributed by atoms with van der Waals surface area (Å²) in [7, 11) is 0. The lowest BCUT2D eigenvalue weighted by atomic mass is 9.90. The molecule has 3 aromatic carbocycles. The van der Waals surface area contributed by atoms with Crippen LogP contribution in [0.25, 0.3) is 0 Å². The number of rotatable bonds is 4. The SMILES string of the molecule is CCc1ccc(C(=O)N2c3ccc(F)cc3[C@@H](Nc3ccc(F)cc3)C[C@H]2C)cc1.